The molecular weight excluding hydrogens is 427 g/mol. The third-order valence-corrected chi connectivity index (χ3v) is 5.71. The monoisotopic (exact) mass is 446 g/mol. The molecule has 2 heterocycles. The molecule has 1 aliphatic heterocycles. The molecule has 0 atom stereocenters. The van der Waals surface area contributed by atoms with Crippen LogP contribution < -0.4 is 20.7 Å². The van der Waals surface area contributed by atoms with E-state index in [9.17, 15) is 4.79 Å². The zero-order valence-electron chi connectivity index (χ0n) is 16.2. The number of methoxy groups -OCH3 is 1. The number of amides is 1. The van der Waals surface area contributed by atoms with Crippen LogP contribution in [0.2, 0.25) is 10.0 Å². The number of pyridine rings is 1. The van der Waals surface area contributed by atoms with Crippen LogP contribution in [0.3, 0.4) is 0 Å². The highest BCUT2D eigenvalue weighted by Gasteiger charge is 2.20. The quantitative estimate of drug-likeness (QED) is 0.609. The van der Waals surface area contributed by atoms with E-state index in [-0.39, 0.29) is 5.56 Å². The summed E-state index contributed by atoms with van der Waals surface area (Å²) in [6.45, 7) is 2.74. The highest BCUT2D eigenvalue weighted by Crippen LogP contribution is 2.38. The van der Waals surface area contributed by atoms with E-state index < -0.39 is 5.91 Å². The molecule has 1 aromatic heterocycles. The molecule has 1 fully saturated rings. The van der Waals surface area contributed by atoms with Gasteiger partial charge in [0.2, 0.25) is 0 Å². The Kier molecular flexibility index (Phi) is 5.85. The topological polar surface area (TPSA) is 89.7 Å². The molecule has 1 amide bonds. The van der Waals surface area contributed by atoms with Crippen LogP contribution in [0.1, 0.15) is 10.4 Å². The van der Waals surface area contributed by atoms with Crippen molar-refractivity contribution >= 4 is 57.1 Å². The van der Waals surface area contributed by atoms with Crippen molar-refractivity contribution in [1.29, 1.82) is 0 Å². The lowest BCUT2D eigenvalue weighted by Crippen LogP contribution is -2.36. The van der Waals surface area contributed by atoms with Crippen LogP contribution in [-0.2, 0) is 4.74 Å². The number of aromatic nitrogens is 1. The second kappa shape index (κ2) is 8.55. The van der Waals surface area contributed by atoms with Gasteiger partial charge in [0, 0.05) is 36.4 Å². The molecule has 3 aromatic rings. The third kappa shape index (κ3) is 3.96. The number of anilines is 3. The van der Waals surface area contributed by atoms with E-state index in [2.05, 4.69) is 15.2 Å². The van der Waals surface area contributed by atoms with E-state index in [0.717, 1.165) is 24.2 Å². The second-order valence-corrected chi connectivity index (χ2v) is 7.62. The smallest absolute Gasteiger partial charge is 0.252 e. The standard InChI is InChI=1S/C21H20Cl2N4O3/c1-29-19-10-17-13(9-18(19)27-4-6-30-7-5-27)20(14(11-25-17)21(24)28)26-12-2-3-15(22)16(23)8-12/h2-3,8-11H,4-7H2,1H3,(H2,24,28)(H,25,26). The molecule has 0 aliphatic carbocycles. The van der Waals surface area contributed by atoms with Gasteiger partial charge in [-0.25, -0.2) is 0 Å². The van der Waals surface area contributed by atoms with E-state index in [4.69, 9.17) is 38.4 Å². The number of hydrogen-bond acceptors (Lipinski definition) is 6. The lowest BCUT2D eigenvalue weighted by atomic mass is 10.1. The summed E-state index contributed by atoms with van der Waals surface area (Å²) in [6.07, 6.45) is 1.46. The number of halogens is 2. The van der Waals surface area contributed by atoms with Crippen molar-refractivity contribution in [3.8, 4) is 5.75 Å². The van der Waals surface area contributed by atoms with E-state index >= 15 is 0 Å². The van der Waals surface area contributed by atoms with Gasteiger partial charge < -0.3 is 25.4 Å². The molecule has 30 heavy (non-hydrogen) atoms. The van der Waals surface area contributed by atoms with Crippen molar-refractivity contribution in [2.24, 2.45) is 5.73 Å². The molecule has 0 radical (unpaired) electrons. The lowest BCUT2D eigenvalue weighted by Gasteiger charge is -2.30. The zero-order valence-corrected chi connectivity index (χ0v) is 17.8. The molecule has 156 valence electrons. The fraction of sp³-hybridized carbons (Fsp3) is 0.238. The van der Waals surface area contributed by atoms with Gasteiger partial charge in [0.05, 0.1) is 52.8 Å². The number of morpholine rings is 1. The average molecular weight is 447 g/mol. The van der Waals surface area contributed by atoms with E-state index in [1.807, 2.05) is 12.1 Å². The summed E-state index contributed by atoms with van der Waals surface area (Å²) in [5, 5.41) is 4.84. The number of fused-ring (bicyclic) bond motifs is 1. The van der Waals surface area contributed by atoms with Crippen LogP contribution >= 0.6 is 23.2 Å². The van der Waals surface area contributed by atoms with Gasteiger partial charge in [-0.05, 0) is 24.3 Å². The highest BCUT2D eigenvalue weighted by atomic mass is 35.5. The predicted molar refractivity (Wildman–Crippen MR) is 120 cm³/mol. The number of ether oxygens (including phenoxy) is 2. The maximum atomic E-state index is 12.1. The van der Waals surface area contributed by atoms with Crippen molar-refractivity contribution < 1.29 is 14.3 Å². The van der Waals surface area contributed by atoms with Gasteiger partial charge in [-0.3, -0.25) is 9.78 Å². The first-order chi connectivity index (χ1) is 14.5. The van der Waals surface area contributed by atoms with Gasteiger partial charge in [0.15, 0.2) is 0 Å². The Morgan fingerprint density at radius 3 is 2.63 bits per heavy atom. The van der Waals surface area contributed by atoms with E-state index in [1.165, 1.54) is 6.20 Å². The molecule has 0 spiro atoms. The number of hydrogen-bond donors (Lipinski definition) is 2. The maximum Gasteiger partial charge on any atom is 0.252 e. The Bertz CT molecular complexity index is 1120. The SMILES string of the molecule is COc1cc2ncc(C(N)=O)c(Nc3ccc(Cl)c(Cl)c3)c2cc1N1CCOCC1. The maximum absolute atomic E-state index is 12.1. The van der Waals surface area contributed by atoms with Gasteiger partial charge >= 0.3 is 0 Å². The number of rotatable bonds is 5. The zero-order chi connectivity index (χ0) is 21.3. The number of nitrogens with zero attached hydrogens (tertiary/aromatic N) is 2. The Labute approximate surface area is 183 Å². The first-order valence-corrected chi connectivity index (χ1v) is 10.1. The van der Waals surface area contributed by atoms with Crippen LogP contribution in [0, 0.1) is 0 Å². The number of primary amides is 1. The molecule has 4 rings (SSSR count). The Balaban J connectivity index is 1.89. The number of carbonyl (C=O) groups excluding carboxylic acids is 1. The minimum atomic E-state index is -0.587. The van der Waals surface area contributed by atoms with Crippen LogP contribution in [0.5, 0.6) is 5.75 Å². The number of nitrogens with one attached hydrogen (secondary N) is 1. The normalized spacial score (nSPS) is 14.0. The van der Waals surface area contributed by atoms with Gasteiger partial charge in [0.1, 0.15) is 5.75 Å². The molecule has 7 nitrogen and oxygen atoms in total. The Hall–Kier alpha value is -2.74. The summed E-state index contributed by atoms with van der Waals surface area (Å²) < 4.78 is 11.1. The molecule has 0 unspecified atom stereocenters. The number of nitrogens with two attached hydrogens (primary N) is 1. The van der Waals surface area contributed by atoms with Gasteiger partial charge in [0.25, 0.3) is 5.91 Å². The highest BCUT2D eigenvalue weighted by molar-refractivity contribution is 6.42. The Morgan fingerprint density at radius 1 is 1.20 bits per heavy atom. The van der Waals surface area contributed by atoms with E-state index in [1.54, 1.807) is 25.3 Å². The van der Waals surface area contributed by atoms with Gasteiger partial charge in [-0.2, -0.15) is 0 Å². The number of benzene rings is 2. The first kappa shape index (κ1) is 20.5. The summed E-state index contributed by atoms with van der Waals surface area (Å²) in [5.41, 5.74) is 8.68. The van der Waals surface area contributed by atoms with Crippen molar-refractivity contribution in [2.45, 2.75) is 0 Å². The minimum Gasteiger partial charge on any atom is -0.495 e. The van der Waals surface area contributed by atoms with Crippen LogP contribution in [0.15, 0.2) is 36.5 Å². The van der Waals surface area contributed by atoms with Crippen molar-refractivity contribution in [3.05, 3.63) is 52.1 Å². The molecule has 9 heteroatoms. The molecular formula is C21H20Cl2N4O3. The minimum absolute atomic E-state index is 0.270. The molecule has 0 saturated carbocycles. The fourth-order valence-electron chi connectivity index (χ4n) is 3.46. The molecule has 3 N–H and O–H groups in total. The first-order valence-electron chi connectivity index (χ1n) is 9.33. The molecule has 2 aromatic carbocycles. The van der Waals surface area contributed by atoms with Crippen molar-refractivity contribution in [1.82, 2.24) is 4.98 Å². The summed E-state index contributed by atoms with van der Waals surface area (Å²) in [4.78, 5) is 18.7. The van der Waals surface area contributed by atoms with Gasteiger partial charge in [-0.1, -0.05) is 23.2 Å². The summed E-state index contributed by atoms with van der Waals surface area (Å²) in [6, 6.07) is 8.95. The lowest BCUT2D eigenvalue weighted by molar-refractivity contribution is 0.100. The average Bonchev–Trinajstić information content (AvgIpc) is 2.76. The van der Waals surface area contributed by atoms with Crippen LogP contribution in [0.25, 0.3) is 10.9 Å². The summed E-state index contributed by atoms with van der Waals surface area (Å²) >= 11 is 12.2. The summed E-state index contributed by atoms with van der Waals surface area (Å²) in [7, 11) is 1.62. The van der Waals surface area contributed by atoms with Gasteiger partial charge in [-0.15, -0.1) is 0 Å². The molecule has 1 saturated heterocycles. The van der Waals surface area contributed by atoms with Crippen LogP contribution in [0.4, 0.5) is 17.1 Å². The third-order valence-electron chi connectivity index (χ3n) is 4.97. The van der Waals surface area contributed by atoms with Crippen molar-refractivity contribution in [3.63, 3.8) is 0 Å². The largest absolute Gasteiger partial charge is 0.495 e. The van der Waals surface area contributed by atoms with E-state index in [0.29, 0.717) is 45.9 Å². The summed E-state index contributed by atoms with van der Waals surface area (Å²) in [5.74, 6) is 0.111. The van der Waals surface area contributed by atoms with Crippen molar-refractivity contribution in [2.75, 3.05) is 43.6 Å². The predicted octanol–water partition coefficient (Wildman–Crippen LogP) is 4.23. The molecule has 0 bridgehead atoms. The molecule has 1 aliphatic rings. The van der Waals surface area contributed by atoms with Crippen LogP contribution in [-0.4, -0.2) is 44.3 Å². The fourth-order valence-corrected chi connectivity index (χ4v) is 3.76. The second-order valence-electron chi connectivity index (χ2n) is 6.81. The number of carbonyl (C=O) groups is 1. The Morgan fingerprint density at radius 2 is 1.97 bits per heavy atom.